The zero-order valence-electron chi connectivity index (χ0n) is 16.8. The monoisotopic (exact) mass is 518 g/mol. The van der Waals surface area contributed by atoms with Gasteiger partial charge in [0.25, 0.3) is 0 Å². The van der Waals surface area contributed by atoms with Crippen LogP contribution in [-0.2, 0) is 12.4 Å². The molecule has 4 nitrogen and oxygen atoms in total. The average molecular weight is 519 g/mol. The van der Waals surface area contributed by atoms with Crippen molar-refractivity contribution in [1.82, 2.24) is 0 Å². The Morgan fingerprint density at radius 1 is 0.588 bits per heavy atom. The van der Waals surface area contributed by atoms with Gasteiger partial charge in [0.2, 0.25) is 0 Å². The molecule has 2 N–H and O–H groups in total. The topological polar surface area (TPSA) is 48.8 Å². The van der Waals surface area contributed by atoms with E-state index in [9.17, 15) is 26.3 Å². The summed E-state index contributed by atoms with van der Waals surface area (Å²) in [5.41, 5.74) is 4.43. The highest BCUT2D eigenvalue weighted by Gasteiger charge is 2.31. The van der Waals surface area contributed by atoms with Crippen LogP contribution in [0.4, 0.5) is 37.7 Å². The molecule has 0 amide bonds. The van der Waals surface area contributed by atoms with Crippen molar-refractivity contribution >= 4 is 47.0 Å². The van der Waals surface area contributed by atoms with Crippen molar-refractivity contribution < 1.29 is 26.3 Å². The van der Waals surface area contributed by atoms with E-state index in [0.717, 1.165) is 36.4 Å². The van der Waals surface area contributed by atoms with Crippen LogP contribution in [0.1, 0.15) is 22.3 Å². The fourth-order valence-electron chi connectivity index (χ4n) is 2.60. The average Bonchev–Trinajstić information content (AvgIpc) is 2.76. The summed E-state index contributed by atoms with van der Waals surface area (Å²) in [5.74, 6) is 0. The zero-order chi connectivity index (χ0) is 24.9. The van der Waals surface area contributed by atoms with Crippen molar-refractivity contribution in [3.05, 3.63) is 93.0 Å². The fraction of sp³-hybridized carbons (Fsp3) is 0.0909. The van der Waals surface area contributed by atoms with Crippen molar-refractivity contribution in [3.63, 3.8) is 0 Å². The van der Waals surface area contributed by atoms with Gasteiger partial charge in [-0.25, -0.2) is 0 Å². The summed E-state index contributed by atoms with van der Waals surface area (Å²) in [5, 5.41) is 7.92. The summed E-state index contributed by atoms with van der Waals surface area (Å²) >= 11 is 11.8. The summed E-state index contributed by atoms with van der Waals surface area (Å²) < 4.78 is 76.9. The van der Waals surface area contributed by atoms with E-state index in [1.807, 2.05) is 0 Å². The lowest BCUT2D eigenvalue weighted by Gasteiger charge is -2.10. The number of hydrogen-bond acceptors (Lipinski definition) is 4. The number of nitrogens with one attached hydrogen (secondary N) is 2. The molecule has 0 aliphatic rings. The lowest BCUT2D eigenvalue weighted by molar-refractivity contribution is -0.138. The molecule has 0 aromatic heterocycles. The number of alkyl halides is 6. The van der Waals surface area contributed by atoms with Crippen molar-refractivity contribution in [3.8, 4) is 0 Å². The highest BCUT2D eigenvalue weighted by molar-refractivity contribution is 6.33. The molecule has 34 heavy (non-hydrogen) atoms. The second-order valence-corrected chi connectivity index (χ2v) is 7.61. The number of hydrazone groups is 2. The van der Waals surface area contributed by atoms with Crippen LogP contribution in [0.25, 0.3) is 0 Å². The van der Waals surface area contributed by atoms with Gasteiger partial charge in [-0.05, 0) is 47.5 Å². The molecule has 0 aliphatic heterocycles. The molecule has 0 unspecified atom stereocenters. The maximum atomic E-state index is 12.8. The van der Waals surface area contributed by atoms with E-state index in [4.69, 9.17) is 23.2 Å². The van der Waals surface area contributed by atoms with E-state index in [0.29, 0.717) is 11.1 Å². The molecule has 0 fully saturated rings. The Balaban J connectivity index is 1.62. The Hall–Kier alpha value is -3.24. The SMILES string of the molecule is FC(F)(F)c1ccc(Cl)c(N/N=C\c2ccc(/C=N\Nc3cc(C(F)(F)F)ccc3Cl)cc2)c1. The minimum Gasteiger partial charge on any atom is -0.277 e. The Morgan fingerprint density at radius 3 is 1.26 bits per heavy atom. The summed E-state index contributed by atoms with van der Waals surface area (Å²) in [4.78, 5) is 0. The molecule has 0 radical (unpaired) electrons. The minimum atomic E-state index is -4.51. The fourth-order valence-corrected chi connectivity index (χ4v) is 2.92. The van der Waals surface area contributed by atoms with Crippen molar-refractivity contribution in [2.75, 3.05) is 10.9 Å². The predicted molar refractivity (Wildman–Crippen MR) is 122 cm³/mol. The van der Waals surface area contributed by atoms with E-state index >= 15 is 0 Å². The first-order valence-corrected chi connectivity index (χ1v) is 10.1. The molecular formula is C22H14Cl2F6N4. The van der Waals surface area contributed by atoms with E-state index in [1.165, 1.54) is 12.4 Å². The molecule has 12 heteroatoms. The number of anilines is 2. The van der Waals surface area contributed by atoms with Gasteiger partial charge in [0.1, 0.15) is 0 Å². The molecule has 178 valence electrons. The van der Waals surface area contributed by atoms with E-state index in [-0.39, 0.29) is 21.4 Å². The van der Waals surface area contributed by atoms with E-state index in [2.05, 4.69) is 21.1 Å². The molecule has 3 aromatic carbocycles. The molecule has 0 atom stereocenters. The smallest absolute Gasteiger partial charge is 0.277 e. The third kappa shape index (κ3) is 6.88. The van der Waals surface area contributed by atoms with Crippen LogP contribution >= 0.6 is 23.2 Å². The highest BCUT2D eigenvalue weighted by Crippen LogP contribution is 2.34. The Kier molecular flexibility index (Phi) is 7.73. The maximum Gasteiger partial charge on any atom is 0.416 e. The van der Waals surface area contributed by atoms with Gasteiger partial charge >= 0.3 is 12.4 Å². The number of nitrogens with zero attached hydrogens (tertiary/aromatic N) is 2. The summed E-state index contributed by atoms with van der Waals surface area (Å²) in [6.45, 7) is 0. The lowest BCUT2D eigenvalue weighted by atomic mass is 10.2. The second-order valence-electron chi connectivity index (χ2n) is 6.79. The third-order valence-electron chi connectivity index (χ3n) is 4.32. The summed E-state index contributed by atoms with van der Waals surface area (Å²) in [7, 11) is 0. The predicted octanol–water partition coefficient (Wildman–Crippen LogP) is 7.92. The molecule has 0 aliphatic carbocycles. The van der Waals surface area contributed by atoms with Gasteiger partial charge in [0.05, 0.1) is 45.0 Å². The number of hydrogen-bond donors (Lipinski definition) is 2. The second kappa shape index (κ2) is 10.4. The van der Waals surface area contributed by atoms with Gasteiger partial charge in [-0.3, -0.25) is 10.9 Å². The molecule has 0 bridgehead atoms. The van der Waals surface area contributed by atoms with Gasteiger partial charge in [-0.2, -0.15) is 36.5 Å². The van der Waals surface area contributed by atoms with Gasteiger partial charge in [0.15, 0.2) is 0 Å². The van der Waals surface area contributed by atoms with Crippen LogP contribution in [0, 0.1) is 0 Å². The van der Waals surface area contributed by atoms with Gasteiger partial charge < -0.3 is 0 Å². The van der Waals surface area contributed by atoms with Crippen LogP contribution in [-0.4, -0.2) is 12.4 Å². The van der Waals surface area contributed by atoms with E-state index in [1.54, 1.807) is 24.3 Å². The number of benzene rings is 3. The molecule has 3 rings (SSSR count). The van der Waals surface area contributed by atoms with Crippen LogP contribution in [0.2, 0.25) is 10.0 Å². The first-order chi connectivity index (χ1) is 15.9. The Labute approximate surface area is 199 Å². The van der Waals surface area contributed by atoms with Crippen LogP contribution in [0.5, 0.6) is 0 Å². The first-order valence-electron chi connectivity index (χ1n) is 9.35. The normalized spacial score (nSPS) is 12.5. The zero-order valence-corrected chi connectivity index (χ0v) is 18.4. The van der Waals surface area contributed by atoms with Crippen molar-refractivity contribution in [1.29, 1.82) is 0 Å². The maximum absolute atomic E-state index is 12.8. The van der Waals surface area contributed by atoms with Gasteiger partial charge in [-0.1, -0.05) is 47.5 Å². The molecule has 0 saturated carbocycles. The first kappa shape index (κ1) is 25.4. The van der Waals surface area contributed by atoms with Crippen molar-refractivity contribution in [2.45, 2.75) is 12.4 Å². The van der Waals surface area contributed by atoms with Crippen LogP contribution in [0.3, 0.4) is 0 Å². The molecule has 3 aromatic rings. The molecular weight excluding hydrogens is 505 g/mol. The quantitative estimate of drug-likeness (QED) is 0.198. The summed E-state index contributed by atoms with van der Waals surface area (Å²) in [6.07, 6.45) is -6.27. The molecule has 0 heterocycles. The standard InChI is InChI=1S/C22H14Cl2F6N4/c23-17-7-5-15(21(25,26)27)9-19(17)33-31-11-13-1-2-14(4-3-13)12-32-34-20-10-16(22(28,29)30)6-8-18(20)24/h1-12,33-34H/b31-11-,32-12-. The number of rotatable bonds is 6. The minimum absolute atomic E-state index is 0.00387. The van der Waals surface area contributed by atoms with Gasteiger partial charge in [0, 0.05) is 0 Å². The van der Waals surface area contributed by atoms with Crippen LogP contribution in [0.15, 0.2) is 70.9 Å². The van der Waals surface area contributed by atoms with Crippen LogP contribution < -0.4 is 10.9 Å². The third-order valence-corrected chi connectivity index (χ3v) is 4.98. The Bertz CT molecular complexity index is 1110. The number of halogens is 8. The van der Waals surface area contributed by atoms with Crippen molar-refractivity contribution in [2.24, 2.45) is 10.2 Å². The molecule has 0 saturated heterocycles. The lowest BCUT2D eigenvalue weighted by Crippen LogP contribution is -2.05. The molecule has 0 spiro atoms. The van der Waals surface area contributed by atoms with Gasteiger partial charge in [-0.15, -0.1) is 0 Å². The Morgan fingerprint density at radius 2 is 0.941 bits per heavy atom. The largest absolute Gasteiger partial charge is 0.416 e. The highest BCUT2D eigenvalue weighted by atomic mass is 35.5. The summed E-state index contributed by atoms with van der Waals surface area (Å²) in [6, 6.07) is 12.3. The van der Waals surface area contributed by atoms with E-state index < -0.39 is 23.5 Å².